The number of hydrogen-bond donors (Lipinski definition) is 3. The number of carbonyl (C=O) groups is 3. The molecular formula is C19H17N3O4. The number of anilines is 1. The number of hydrogen-bond acceptors (Lipinski definition) is 4. The number of rotatable bonds is 6. The average Bonchev–Trinajstić information content (AvgIpc) is 2.61. The molecule has 7 nitrogen and oxygen atoms in total. The number of aliphatic carboxylic acids is 1. The van der Waals surface area contributed by atoms with E-state index in [1.807, 2.05) is 6.07 Å². The van der Waals surface area contributed by atoms with Crippen molar-refractivity contribution < 1.29 is 19.5 Å². The number of carbonyl (C=O) groups excluding carboxylic acids is 2. The largest absolute Gasteiger partial charge is 0.480 e. The summed E-state index contributed by atoms with van der Waals surface area (Å²) in [5.41, 5.74) is 1.71. The predicted molar refractivity (Wildman–Crippen MR) is 94.5 cm³/mol. The van der Waals surface area contributed by atoms with Gasteiger partial charge in [-0.25, -0.2) is 4.79 Å². The quantitative estimate of drug-likeness (QED) is 0.735. The molecule has 0 heterocycles. The lowest BCUT2D eigenvalue weighted by molar-refractivity contribution is -0.139. The zero-order chi connectivity index (χ0) is 19.1. The highest BCUT2D eigenvalue weighted by Gasteiger charge is 2.22. The predicted octanol–water partition coefficient (Wildman–Crippen LogP) is 1.94. The van der Waals surface area contributed by atoms with Crippen molar-refractivity contribution in [2.75, 3.05) is 5.32 Å². The van der Waals surface area contributed by atoms with Crippen molar-refractivity contribution in [2.45, 2.75) is 19.4 Å². The lowest BCUT2D eigenvalue weighted by Gasteiger charge is -2.15. The fraction of sp³-hybridized carbons (Fsp3) is 0.158. The SMILES string of the molecule is CC(=O)Nc1ccc(C(=O)N[C@H](Cc2ccccc2C#N)C(=O)O)cc1. The van der Waals surface area contributed by atoms with E-state index < -0.39 is 17.9 Å². The van der Waals surface area contributed by atoms with Crippen LogP contribution in [0.2, 0.25) is 0 Å². The second-order valence-electron chi connectivity index (χ2n) is 5.60. The van der Waals surface area contributed by atoms with E-state index in [4.69, 9.17) is 5.26 Å². The van der Waals surface area contributed by atoms with Crippen LogP contribution in [0, 0.1) is 11.3 Å². The van der Waals surface area contributed by atoms with Crippen LogP contribution in [0.4, 0.5) is 5.69 Å². The molecule has 7 heteroatoms. The van der Waals surface area contributed by atoms with Crippen LogP contribution >= 0.6 is 0 Å². The molecule has 132 valence electrons. The number of nitrogens with one attached hydrogen (secondary N) is 2. The Morgan fingerprint density at radius 2 is 1.77 bits per heavy atom. The molecule has 0 fully saturated rings. The molecule has 2 aromatic carbocycles. The maximum absolute atomic E-state index is 12.3. The fourth-order valence-electron chi connectivity index (χ4n) is 2.38. The van der Waals surface area contributed by atoms with Crippen molar-refractivity contribution in [1.82, 2.24) is 5.32 Å². The Labute approximate surface area is 150 Å². The van der Waals surface area contributed by atoms with Gasteiger partial charge in [0.1, 0.15) is 6.04 Å². The Kier molecular flexibility index (Phi) is 6.06. The molecule has 0 aromatic heterocycles. The van der Waals surface area contributed by atoms with Gasteiger partial charge in [-0.15, -0.1) is 0 Å². The number of nitriles is 1. The van der Waals surface area contributed by atoms with Gasteiger partial charge >= 0.3 is 5.97 Å². The molecule has 0 bridgehead atoms. The summed E-state index contributed by atoms with van der Waals surface area (Å²) in [6, 6.07) is 13.6. The zero-order valence-electron chi connectivity index (χ0n) is 14.0. The topological polar surface area (TPSA) is 119 Å². The van der Waals surface area contributed by atoms with Gasteiger partial charge in [0.25, 0.3) is 5.91 Å². The average molecular weight is 351 g/mol. The third kappa shape index (κ3) is 4.92. The van der Waals surface area contributed by atoms with Crippen molar-refractivity contribution in [1.29, 1.82) is 5.26 Å². The molecule has 0 aliphatic heterocycles. The fourth-order valence-corrected chi connectivity index (χ4v) is 2.38. The molecule has 26 heavy (non-hydrogen) atoms. The van der Waals surface area contributed by atoms with Gasteiger partial charge < -0.3 is 15.7 Å². The summed E-state index contributed by atoms with van der Waals surface area (Å²) < 4.78 is 0. The second-order valence-corrected chi connectivity index (χ2v) is 5.60. The minimum absolute atomic E-state index is 0.00518. The van der Waals surface area contributed by atoms with Crippen molar-refractivity contribution in [3.63, 3.8) is 0 Å². The summed E-state index contributed by atoms with van der Waals surface area (Å²) in [4.78, 5) is 34.8. The summed E-state index contributed by atoms with van der Waals surface area (Å²) >= 11 is 0. The van der Waals surface area contributed by atoms with Gasteiger partial charge in [0.2, 0.25) is 5.91 Å². The Morgan fingerprint density at radius 1 is 1.12 bits per heavy atom. The molecular weight excluding hydrogens is 334 g/mol. The van der Waals surface area contributed by atoms with E-state index in [9.17, 15) is 19.5 Å². The molecule has 3 N–H and O–H groups in total. The monoisotopic (exact) mass is 351 g/mol. The molecule has 0 radical (unpaired) electrons. The van der Waals surface area contributed by atoms with Gasteiger partial charge in [-0.05, 0) is 35.9 Å². The first-order valence-corrected chi connectivity index (χ1v) is 7.80. The highest BCUT2D eigenvalue weighted by Crippen LogP contribution is 2.12. The van der Waals surface area contributed by atoms with Crippen LogP contribution in [0.15, 0.2) is 48.5 Å². The molecule has 0 spiro atoms. The Balaban J connectivity index is 2.12. The summed E-state index contributed by atoms with van der Waals surface area (Å²) in [6.07, 6.45) is -0.00518. The first-order valence-electron chi connectivity index (χ1n) is 7.80. The van der Waals surface area contributed by atoms with E-state index in [1.165, 1.54) is 19.1 Å². The highest BCUT2D eigenvalue weighted by molar-refractivity contribution is 5.97. The molecule has 2 aromatic rings. The van der Waals surface area contributed by atoms with Crippen LogP contribution in [0.25, 0.3) is 0 Å². The van der Waals surface area contributed by atoms with E-state index in [0.29, 0.717) is 16.8 Å². The van der Waals surface area contributed by atoms with Gasteiger partial charge in [-0.2, -0.15) is 5.26 Å². The molecule has 2 amide bonds. The van der Waals surface area contributed by atoms with Crippen molar-refractivity contribution in [3.8, 4) is 6.07 Å². The summed E-state index contributed by atoms with van der Waals surface area (Å²) in [7, 11) is 0. The van der Waals surface area contributed by atoms with Crippen LogP contribution in [0.5, 0.6) is 0 Å². The van der Waals surface area contributed by atoms with Gasteiger partial charge in [0.05, 0.1) is 11.6 Å². The van der Waals surface area contributed by atoms with Crippen LogP contribution < -0.4 is 10.6 Å². The van der Waals surface area contributed by atoms with E-state index in [-0.39, 0.29) is 17.9 Å². The van der Waals surface area contributed by atoms with E-state index in [2.05, 4.69) is 10.6 Å². The third-order valence-corrected chi connectivity index (χ3v) is 3.63. The Hall–Kier alpha value is -3.66. The lowest BCUT2D eigenvalue weighted by Crippen LogP contribution is -2.42. The maximum atomic E-state index is 12.3. The molecule has 1 atom stereocenters. The van der Waals surface area contributed by atoms with E-state index >= 15 is 0 Å². The summed E-state index contributed by atoms with van der Waals surface area (Å²) in [6.45, 7) is 1.37. The first-order chi connectivity index (χ1) is 12.4. The lowest BCUT2D eigenvalue weighted by atomic mass is 10.0. The smallest absolute Gasteiger partial charge is 0.326 e. The van der Waals surface area contributed by atoms with Gasteiger partial charge in [0.15, 0.2) is 0 Å². The Bertz CT molecular complexity index is 869. The van der Waals surface area contributed by atoms with E-state index in [0.717, 1.165) is 0 Å². The second kappa shape index (κ2) is 8.44. The highest BCUT2D eigenvalue weighted by atomic mass is 16.4. The molecule has 0 aliphatic carbocycles. The normalized spacial score (nSPS) is 11.1. The van der Waals surface area contributed by atoms with Crippen molar-refractivity contribution in [2.24, 2.45) is 0 Å². The van der Waals surface area contributed by atoms with E-state index in [1.54, 1.807) is 36.4 Å². The summed E-state index contributed by atoms with van der Waals surface area (Å²) in [5.74, 6) is -1.98. The molecule has 0 aliphatic rings. The number of carboxylic acid groups (broad SMARTS) is 1. The van der Waals surface area contributed by atoms with Crippen LogP contribution in [-0.2, 0) is 16.0 Å². The van der Waals surface area contributed by atoms with Gasteiger partial charge in [0, 0.05) is 24.6 Å². The van der Waals surface area contributed by atoms with Crippen molar-refractivity contribution in [3.05, 3.63) is 65.2 Å². The van der Waals surface area contributed by atoms with Gasteiger partial charge in [-0.3, -0.25) is 9.59 Å². The molecule has 0 saturated heterocycles. The Morgan fingerprint density at radius 3 is 2.35 bits per heavy atom. The van der Waals surface area contributed by atoms with Gasteiger partial charge in [-0.1, -0.05) is 18.2 Å². The number of benzene rings is 2. The standard InChI is InChI=1S/C19H17N3O4/c1-12(23)21-16-8-6-13(7-9-16)18(24)22-17(19(25)26)10-14-4-2-3-5-15(14)11-20/h2-9,17H,10H2,1H3,(H,21,23)(H,22,24)(H,25,26)/t17-/m1/s1. The number of carboxylic acids is 1. The summed E-state index contributed by atoms with van der Waals surface area (Å²) in [5, 5.41) is 23.5. The maximum Gasteiger partial charge on any atom is 0.326 e. The van der Waals surface area contributed by atoms with Crippen LogP contribution in [0.1, 0.15) is 28.4 Å². The molecule has 0 saturated carbocycles. The van der Waals surface area contributed by atoms with Crippen LogP contribution in [0.3, 0.4) is 0 Å². The van der Waals surface area contributed by atoms with Crippen LogP contribution in [-0.4, -0.2) is 28.9 Å². The minimum Gasteiger partial charge on any atom is -0.480 e. The number of amides is 2. The zero-order valence-corrected chi connectivity index (χ0v) is 14.0. The van der Waals surface area contributed by atoms with Crippen molar-refractivity contribution >= 4 is 23.5 Å². The first kappa shape index (κ1) is 18.7. The minimum atomic E-state index is -1.19. The molecule has 2 rings (SSSR count). The third-order valence-electron chi connectivity index (χ3n) is 3.63. The number of nitrogens with zero attached hydrogens (tertiary/aromatic N) is 1. The molecule has 0 unspecified atom stereocenters.